The minimum Gasteiger partial charge on any atom is -0.362 e. The molecule has 0 spiro atoms. The minimum atomic E-state index is 0.976. The van der Waals surface area contributed by atoms with E-state index in [0.29, 0.717) is 0 Å². The first-order valence-electron chi connectivity index (χ1n) is 4.00. The molecule has 0 aliphatic rings. The molecule has 1 heterocycles. The van der Waals surface area contributed by atoms with Gasteiger partial charge >= 0.3 is 0 Å². The molecule has 0 saturated carbocycles. The summed E-state index contributed by atoms with van der Waals surface area (Å²) in [5.74, 6) is 0.976. The molecule has 0 fully saturated rings. The monoisotopic (exact) mass is 169 g/mol. The van der Waals surface area contributed by atoms with Crippen LogP contribution in [0, 0.1) is 13.8 Å². The summed E-state index contributed by atoms with van der Waals surface area (Å²) in [4.78, 5) is 3.29. The average molecular weight is 169 g/mol. The van der Waals surface area contributed by atoms with Crippen molar-refractivity contribution < 1.29 is 0 Å². The molecule has 62 valence electrons. The lowest BCUT2D eigenvalue weighted by Crippen LogP contribution is -1.86. The van der Waals surface area contributed by atoms with Crippen molar-refractivity contribution >= 4 is 12.6 Å². The molecule has 0 bridgehead atoms. The number of hydrogen-bond donors (Lipinski definition) is 2. The van der Waals surface area contributed by atoms with E-state index in [1.807, 2.05) is 0 Å². The molecular formula is C9H15NS. The molecule has 1 nitrogen and oxygen atoms in total. The predicted molar refractivity (Wildman–Crippen MR) is 52.4 cm³/mol. The lowest BCUT2D eigenvalue weighted by Gasteiger charge is -1.95. The molecule has 11 heavy (non-hydrogen) atoms. The third-order valence-corrected chi connectivity index (χ3v) is 2.18. The highest BCUT2D eigenvalue weighted by molar-refractivity contribution is 7.80. The van der Waals surface area contributed by atoms with Crippen LogP contribution in [-0.4, -0.2) is 10.7 Å². The van der Waals surface area contributed by atoms with Gasteiger partial charge in [0.15, 0.2) is 0 Å². The average Bonchev–Trinajstić information content (AvgIpc) is 2.26. The highest BCUT2D eigenvalue weighted by Crippen LogP contribution is 2.11. The van der Waals surface area contributed by atoms with Gasteiger partial charge in [-0.05, 0) is 44.1 Å². The summed E-state index contributed by atoms with van der Waals surface area (Å²) in [6.07, 6.45) is 2.32. The number of aromatic nitrogens is 1. The van der Waals surface area contributed by atoms with Gasteiger partial charge in [0.25, 0.3) is 0 Å². The number of hydrogen-bond acceptors (Lipinski definition) is 1. The number of nitrogens with one attached hydrogen (secondary N) is 1. The summed E-state index contributed by atoms with van der Waals surface area (Å²) in [5, 5.41) is 0. The highest BCUT2D eigenvalue weighted by atomic mass is 32.1. The Balaban J connectivity index is 2.62. The van der Waals surface area contributed by atoms with E-state index in [-0.39, 0.29) is 0 Å². The van der Waals surface area contributed by atoms with E-state index in [4.69, 9.17) is 0 Å². The Morgan fingerprint density at radius 2 is 2.18 bits per heavy atom. The van der Waals surface area contributed by atoms with Crippen LogP contribution in [0.3, 0.4) is 0 Å². The van der Waals surface area contributed by atoms with E-state index in [1.54, 1.807) is 0 Å². The first kappa shape index (κ1) is 8.72. The predicted octanol–water partition coefficient (Wildman–Crippen LogP) is 2.49. The van der Waals surface area contributed by atoms with E-state index >= 15 is 0 Å². The summed E-state index contributed by atoms with van der Waals surface area (Å²) in [5.41, 5.74) is 4.01. The van der Waals surface area contributed by atoms with Crippen LogP contribution in [0.2, 0.25) is 0 Å². The number of rotatable bonds is 3. The van der Waals surface area contributed by atoms with E-state index in [2.05, 4.69) is 37.5 Å². The van der Waals surface area contributed by atoms with Gasteiger partial charge in [0.1, 0.15) is 0 Å². The molecule has 0 unspecified atom stereocenters. The Hall–Kier alpha value is -0.370. The molecule has 1 rings (SSSR count). The van der Waals surface area contributed by atoms with Crippen molar-refractivity contribution in [1.82, 2.24) is 4.98 Å². The molecule has 0 aromatic carbocycles. The summed E-state index contributed by atoms with van der Waals surface area (Å²) in [7, 11) is 0. The van der Waals surface area contributed by atoms with Crippen LogP contribution in [0.25, 0.3) is 0 Å². The lowest BCUT2D eigenvalue weighted by molar-refractivity contribution is 0.926. The second-order valence-corrected chi connectivity index (χ2v) is 3.38. The maximum absolute atomic E-state index is 4.18. The van der Waals surface area contributed by atoms with E-state index < -0.39 is 0 Å². The SMILES string of the molecule is Cc1cc(CCCS)c(C)[nH]1. The molecule has 0 radical (unpaired) electrons. The van der Waals surface area contributed by atoms with E-state index in [1.165, 1.54) is 23.4 Å². The van der Waals surface area contributed by atoms with Crippen molar-refractivity contribution in [3.05, 3.63) is 23.0 Å². The fourth-order valence-electron chi connectivity index (χ4n) is 1.31. The Labute approximate surface area is 73.6 Å². The molecule has 0 aliphatic carbocycles. The molecule has 0 amide bonds. The topological polar surface area (TPSA) is 15.8 Å². The number of aryl methyl sites for hydroxylation is 3. The Kier molecular flexibility index (Phi) is 3.06. The highest BCUT2D eigenvalue weighted by Gasteiger charge is 1.99. The molecule has 0 aliphatic heterocycles. The molecule has 1 aromatic heterocycles. The Bertz CT molecular complexity index is 227. The first-order valence-corrected chi connectivity index (χ1v) is 4.63. The van der Waals surface area contributed by atoms with Crippen LogP contribution in [-0.2, 0) is 6.42 Å². The lowest BCUT2D eigenvalue weighted by atomic mass is 10.1. The third kappa shape index (κ3) is 2.29. The molecule has 2 heteroatoms. The maximum atomic E-state index is 4.18. The molecular weight excluding hydrogens is 154 g/mol. The molecule has 0 atom stereocenters. The van der Waals surface area contributed by atoms with Crippen LogP contribution in [0.5, 0.6) is 0 Å². The first-order chi connectivity index (χ1) is 5.24. The van der Waals surface area contributed by atoms with Gasteiger partial charge in [-0.3, -0.25) is 0 Å². The maximum Gasteiger partial charge on any atom is 0.0150 e. The Morgan fingerprint density at radius 1 is 1.45 bits per heavy atom. The fraction of sp³-hybridized carbons (Fsp3) is 0.556. The summed E-state index contributed by atoms with van der Waals surface area (Å²) in [6, 6.07) is 2.22. The van der Waals surface area contributed by atoms with Gasteiger partial charge in [0.05, 0.1) is 0 Å². The van der Waals surface area contributed by atoms with Crippen molar-refractivity contribution in [3.8, 4) is 0 Å². The van der Waals surface area contributed by atoms with Gasteiger partial charge in [-0.15, -0.1) is 0 Å². The summed E-state index contributed by atoms with van der Waals surface area (Å²) >= 11 is 4.18. The van der Waals surface area contributed by atoms with E-state index in [0.717, 1.165) is 12.2 Å². The zero-order chi connectivity index (χ0) is 8.27. The second-order valence-electron chi connectivity index (χ2n) is 2.93. The van der Waals surface area contributed by atoms with Gasteiger partial charge in [0.2, 0.25) is 0 Å². The minimum absolute atomic E-state index is 0.976. The van der Waals surface area contributed by atoms with Crippen LogP contribution in [0.4, 0.5) is 0 Å². The molecule has 1 N–H and O–H groups in total. The van der Waals surface area contributed by atoms with Crippen molar-refractivity contribution in [2.24, 2.45) is 0 Å². The van der Waals surface area contributed by atoms with Gasteiger partial charge in [-0.1, -0.05) is 0 Å². The van der Waals surface area contributed by atoms with Gasteiger partial charge in [0, 0.05) is 11.4 Å². The van der Waals surface area contributed by atoms with Gasteiger partial charge in [-0.2, -0.15) is 12.6 Å². The number of aromatic amines is 1. The van der Waals surface area contributed by atoms with Gasteiger partial charge in [-0.25, -0.2) is 0 Å². The van der Waals surface area contributed by atoms with Crippen molar-refractivity contribution in [2.75, 3.05) is 5.75 Å². The van der Waals surface area contributed by atoms with Crippen LogP contribution >= 0.6 is 12.6 Å². The van der Waals surface area contributed by atoms with Crippen LogP contribution in [0.1, 0.15) is 23.4 Å². The molecule has 1 aromatic rings. The van der Waals surface area contributed by atoms with Crippen LogP contribution < -0.4 is 0 Å². The summed E-state index contributed by atoms with van der Waals surface area (Å²) < 4.78 is 0. The number of thiol groups is 1. The van der Waals surface area contributed by atoms with E-state index in [9.17, 15) is 0 Å². The standard InChI is InChI=1S/C9H15NS/c1-7-6-9(4-3-5-11)8(2)10-7/h6,10-11H,3-5H2,1-2H3. The summed E-state index contributed by atoms with van der Waals surface area (Å²) in [6.45, 7) is 4.22. The van der Waals surface area contributed by atoms with Crippen molar-refractivity contribution in [1.29, 1.82) is 0 Å². The molecule has 0 saturated heterocycles. The van der Waals surface area contributed by atoms with Crippen LogP contribution in [0.15, 0.2) is 6.07 Å². The zero-order valence-corrected chi connectivity index (χ0v) is 8.04. The number of H-pyrrole nitrogens is 1. The Morgan fingerprint density at radius 3 is 2.64 bits per heavy atom. The van der Waals surface area contributed by atoms with Gasteiger partial charge < -0.3 is 4.98 Å². The second kappa shape index (κ2) is 3.86. The normalized spacial score (nSPS) is 10.5. The van der Waals surface area contributed by atoms with Crippen molar-refractivity contribution in [3.63, 3.8) is 0 Å². The fourth-order valence-corrected chi connectivity index (χ4v) is 1.47. The smallest absolute Gasteiger partial charge is 0.0150 e. The quantitative estimate of drug-likeness (QED) is 0.647. The zero-order valence-electron chi connectivity index (χ0n) is 7.15. The largest absolute Gasteiger partial charge is 0.362 e. The van der Waals surface area contributed by atoms with Crippen molar-refractivity contribution in [2.45, 2.75) is 26.7 Å². The third-order valence-electron chi connectivity index (χ3n) is 1.86.